The number of nitrogens with zero attached hydrogens (tertiary/aromatic N) is 1. The second-order valence-electron chi connectivity index (χ2n) is 6.78. The molecular formula is C20H20N2O3. The summed E-state index contributed by atoms with van der Waals surface area (Å²) in [6.07, 6.45) is 3.89. The number of hydroxylamine groups is 1. The van der Waals surface area contributed by atoms with Gasteiger partial charge in [0, 0.05) is 17.7 Å². The highest BCUT2D eigenvalue weighted by Crippen LogP contribution is 2.42. The lowest BCUT2D eigenvalue weighted by atomic mass is 9.96. The maximum atomic E-state index is 12.4. The van der Waals surface area contributed by atoms with Crippen LogP contribution in [0.15, 0.2) is 42.5 Å². The number of carbonyl (C=O) groups is 2. The number of rotatable bonds is 4. The summed E-state index contributed by atoms with van der Waals surface area (Å²) in [5, 5.41) is 8.68. The van der Waals surface area contributed by atoms with Crippen LogP contribution in [-0.2, 0) is 17.8 Å². The molecule has 2 aliphatic rings. The van der Waals surface area contributed by atoms with Crippen LogP contribution < -0.4 is 10.4 Å². The van der Waals surface area contributed by atoms with E-state index < -0.39 is 5.91 Å². The van der Waals surface area contributed by atoms with Crippen molar-refractivity contribution in [3.63, 3.8) is 0 Å². The number of aryl methyl sites for hydroxylation is 1. The Morgan fingerprint density at radius 1 is 1.12 bits per heavy atom. The summed E-state index contributed by atoms with van der Waals surface area (Å²) >= 11 is 0. The Balaban J connectivity index is 1.58. The van der Waals surface area contributed by atoms with Crippen molar-refractivity contribution in [1.29, 1.82) is 0 Å². The highest BCUT2D eigenvalue weighted by atomic mass is 16.5. The van der Waals surface area contributed by atoms with Crippen molar-refractivity contribution >= 4 is 17.5 Å². The van der Waals surface area contributed by atoms with Crippen LogP contribution in [0.25, 0.3) is 0 Å². The first-order valence-corrected chi connectivity index (χ1v) is 8.62. The Morgan fingerprint density at radius 2 is 1.88 bits per heavy atom. The highest BCUT2D eigenvalue weighted by molar-refractivity contribution is 5.96. The topological polar surface area (TPSA) is 69.6 Å². The van der Waals surface area contributed by atoms with Gasteiger partial charge in [0.2, 0.25) is 5.91 Å². The minimum Gasteiger partial charge on any atom is -0.308 e. The van der Waals surface area contributed by atoms with Gasteiger partial charge in [0.05, 0.1) is 6.54 Å². The van der Waals surface area contributed by atoms with Crippen LogP contribution in [0.1, 0.15) is 52.2 Å². The van der Waals surface area contributed by atoms with Crippen molar-refractivity contribution in [3.05, 3.63) is 64.7 Å². The van der Waals surface area contributed by atoms with Gasteiger partial charge in [0.15, 0.2) is 0 Å². The molecule has 0 atom stereocenters. The number of fused-ring (bicyclic) bond motifs is 1. The molecule has 0 aromatic heterocycles. The summed E-state index contributed by atoms with van der Waals surface area (Å²) in [6.45, 7) is 0.482. The zero-order valence-corrected chi connectivity index (χ0v) is 13.9. The maximum absolute atomic E-state index is 12.4. The third kappa shape index (κ3) is 3.15. The van der Waals surface area contributed by atoms with Crippen molar-refractivity contribution in [3.8, 4) is 0 Å². The van der Waals surface area contributed by atoms with Gasteiger partial charge in [0.1, 0.15) is 0 Å². The van der Waals surface area contributed by atoms with Gasteiger partial charge >= 0.3 is 0 Å². The number of nitrogens with one attached hydrogen (secondary N) is 1. The number of benzene rings is 2. The summed E-state index contributed by atoms with van der Waals surface area (Å²) < 4.78 is 0. The fourth-order valence-corrected chi connectivity index (χ4v) is 3.43. The largest absolute Gasteiger partial charge is 0.308 e. The minimum absolute atomic E-state index is 0.129. The van der Waals surface area contributed by atoms with E-state index >= 15 is 0 Å². The van der Waals surface area contributed by atoms with Crippen molar-refractivity contribution in [2.75, 3.05) is 4.90 Å². The second-order valence-corrected chi connectivity index (χ2v) is 6.78. The van der Waals surface area contributed by atoms with Gasteiger partial charge in [-0.3, -0.25) is 14.8 Å². The zero-order chi connectivity index (χ0) is 17.4. The molecule has 0 bridgehead atoms. The summed E-state index contributed by atoms with van der Waals surface area (Å²) in [4.78, 5) is 25.7. The zero-order valence-electron chi connectivity index (χ0n) is 13.9. The van der Waals surface area contributed by atoms with E-state index in [2.05, 4.69) is 18.2 Å². The third-order valence-corrected chi connectivity index (χ3v) is 5.01. The summed E-state index contributed by atoms with van der Waals surface area (Å²) in [7, 11) is 0. The second kappa shape index (κ2) is 6.33. The molecule has 128 valence electrons. The molecule has 25 heavy (non-hydrogen) atoms. The lowest BCUT2D eigenvalue weighted by Gasteiger charge is -2.30. The van der Waals surface area contributed by atoms with Crippen LogP contribution in [0.5, 0.6) is 0 Å². The molecule has 2 aromatic carbocycles. The molecule has 4 rings (SSSR count). The van der Waals surface area contributed by atoms with Gasteiger partial charge in [0.25, 0.3) is 5.91 Å². The Kier molecular flexibility index (Phi) is 4.01. The minimum atomic E-state index is -0.543. The lowest BCUT2D eigenvalue weighted by molar-refractivity contribution is -0.119. The first-order valence-electron chi connectivity index (χ1n) is 8.62. The van der Waals surface area contributed by atoms with Gasteiger partial charge < -0.3 is 4.90 Å². The normalized spacial score (nSPS) is 16.5. The van der Waals surface area contributed by atoms with E-state index in [-0.39, 0.29) is 5.91 Å². The predicted molar refractivity (Wildman–Crippen MR) is 93.6 cm³/mol. The van der Waals surface area contributed by atoms with E-state index in [1.54, 1.807) is 17.6 Å². The number of amides is 2. The van der Waals surface area contributed by atoms with Gasteiger partial charge in [-0.2, -0.15) is 0 Å². The van der Waals surface area contributed by atoms with Crippen LogP contribution in [0.2, 0.25) is 0 Å². The number of anilines is 1. The molecule has 2 amide bonds. The summed E-state index contributed by atoms with van der Waals surface area (Å²) in [6, 6.07) is 13.4. The van der Waals surface area contributed by atoms with Gasteiger partial charge in [-0.15, -0.1) is 0 Å². The Hall–Kier alpha value is -2.66. The van der Waals surface area contributed by atoms with Crippen LogP contribution in [0, 0.1) is 0 Å². The summed E-state index contributed by atoms with van der Waals surface area (Å²) in [5.41, 5.74) is 6.59. The molecule has 0 spiro atoms. The third-order valence-electron chi connectivity index (χ3n) is 5.01. The molecule has 0 saturated heterocycles. The van der Waals surface area contributed by atoms with Crippen molar-refractivity contribution in [2.24, 2.45) is 0 Å². The van der Waals surface area contributed by atoms with E-state index in [0.717, 1.165) is 17.7 Å². The van der Waals surface area contributed by atoms with Gasteiger partial charge in [-0.25, -0.2) is 5.48 Å². The number of hydrogen-bond donors (Lipinski definition) is 2. The molecule has 2 N–H and O–H groups in total. The van der Waals surface area contributed by atoms with E-state index in [1.165, 1.54) is 24.0 Å². The molecule has 5 heteroatoms. The van der Waals surface area contributed by atoms with E-state index in [9.17, 15) is 9.59 Å². The van der Waals surface area contributed by atoms with Gasteiger partial charge in [-0.1, -0.05) is 24.3 Å². The van der Waals surface area contributed by atoms with E-state index in [1.807, 2.05) is 17.0 Å². The standard InChI is InChI=1S/C20H20N2O3/c23-19-10-8-17-11-16(14-5-6-14)7-9-18(17)22(19)12-13-1-3-15(4-2-13)20(24)21-25/h1-4,7,9,11,14,25H,5-6,8,10,12H2,(H,21,24). The van der Waals surface area contributed by atoms with Crippen molar-refractivity contribution < 1.29 is 14.8 Å². The monoisotopic (exact) mass is 336 g/mol. The molecule has 0 unspecified atom stereocenters. The van der Waals surface area contributed by atoms with Crippen LogP contribution in [0.3, 0.4) is 0 Å². The number of hydrogen-bond acceptors (Lipinski definition) is 3. The molecule has 1 aliphatic heterocycles. The Labute approximate surface area is 146 Å². The molecule has 1 fully saturated rings. The first kappa shape index (κ1) is 15.8. The molecule has 1 heterocycles. The molecule has 1 saturated carbocycles. The van der Waals surface area contributed by atoms with Crippen LogP contribution in [0.4, 0.5) is 5.69 Å². The summed E-state index contributed by atoms with van der Waals surface area (Å²) in [5.74, 6) is 0.295. The highest BCUT2D eigenvalue weighted by Gasteiger charge is 2.28. The Morgan fingerprint density at radius 3 is 2.56 bits per heavy atom. The molecule has 0 radical (unpaired) electrons. The first-order chi connectivity index (χ1) is 12.2. The SMILES string of the molecule is O=C(NO)c1ccc(CN2C(=O)CCc3cc(C4CC4)ccc32)cc1. The number of carbonyl (C=O) groups excluding carboxylic acids is 2. The molecule has 1 aliphatic carbocycles. The molecule has 5 nitrogen and oxygen atoms in total. The lowest BCUT2D eigenvalue weighted by Crippen LogP contribution is -2.34. The quantitative estimate of drug-likeness (QED) is 0.665. The average molecular weight is 336 g/mol. The maximum Gasteiger partial charge on any atom is 0.274 e. The van der Waals surface area contributed by atoms with Crippen LogP contribution >= 0.6 is 0 Å². The molecule has 2 aromatic rings. The van der Waals surface area contributed by atoms with E-state index in [4.69, 9.17) is 5.21 Å². The van der Waals surface area contributed by atoms with Crippen molar-refractivity contribution in [2.45, 2.75) is 38.1 Å². The fraction of sp³-hybridized carbons (Fsp3) is 0.300. The Bertz CT molecular complexity index is 825. The fourth-order valence-electron chi connectivity index (χ4n) is 3.43. The van der Waals surface area contributed by atoms with Crippen LogP contribution in [-0.4, -0.2) is 17.0 Å². The van der Waals surface area contributed by atoms with E-state index in [0.29, 0.717) is 24.4 Å². The molecular weight excluding hydrogens is 316 g/mol. The predicted octanol–water partition coefficient (Wildman–Crippen LogP) is 3.16. The van der Waals surface area contributed by atoms with Crippen molar-refractivity contribution in [1.82, 2.24) is 5.48 Å². The smallest absolute Gasteiger partial charge is 0.274 e. The van der Waals surface area contributed by atoms with Gasteiger partial charge in [-0.05, 0) is 60.1 Å². The average Bonchev–Trinajstić information content (AvgIpc) is 3.49.